The predicted octanol–water partition coefficient (Wildman–Crippen LogP) is 2.23. The summed E-state index contributed by atoms with van der Waals surface area (Å²) in [6, 6.07) is 7.77. The minimum absolute atomic E-state index is 0.301. The molecular formula is C11H9F3O3. The monoisotopic (exact) mass is 246 g/mol. The van der Waals surface area contributed by atoms with Crippen molar-refractivity contribution in [1.82, 2.24) is 0 Å². The van der Waals surface area contributed by atoms with Gasteiger partial charge in [0, 0.05) is 0 Å². The normalized spacial score (nSPS) is 27.6. The minimum atomic E-state index is -4.79. The van der Waals surface area contributed by atoms with Crippen LogP contribution in [0.5, 0.6) is 0 Å². The van der Waals surface area contributed by atoms with Crippen molar-refractivity contribution in [2.24, 2.45) is 0 Å². The van der Waals surface area contributed by atoms with Gasteiger partial charge >= 0.3 is 12.1 Å². The number of benzene rings is 1. The molecule has 0 saturated carbocycles. The lowest BCUT2D eigenvalue weighted by Crippen LogP contribution is -2.42. The molecule has 3 nitrogen and oxygen atoms in total. The third-order valence-corrected chi connectivity index (χ3v) is 2.63. The van der Waals surface area contributed by atoms with Crippen LogP contribution >= 0.6 is 0 Å². The second kappa shape index (κ2) is 3.73. The van der Waals surface area contributed by atoms with E-state index < -0.39 is 23.9 Å². The molecule has 0 aromatic heterocycles. The highest BCUT2D eigenvalue weighted by atomic mass is 19.4. The zero-order valence-electron chi connectivity index (χ0n) is 8.82. The molecule has 1 aromatic rings. The van der Waals surface area contributed by atoms with Crippen LogP contribution in [0.15, 0.2) is 30.3 Å². The molecule has 0 radical (unpaired) electrons. The van der Waals surface area contributed by atoms with Gasteiger partial charge in [0.25, 0.3) is 5.60 Å². The van der Waals surface area contributed by atoms with Crippen LogP contribution in [0.2, 0.25) is 0 Å². The Morgan fingerprint density at radius 1 is 1.35 bits per heavy atom. The molecule has 1 aliphatic rings. The number of carbonyl (C=O) groups is 1. The summed E-state index contributed by atoms with van der Waals surface area (Å²) >= 11 is 0. The fourth-order valence-corrected chi connectivity index (χ4v) is 1.72. The van der Waals surface area contributed by atoms with Crippen molar-refractivity contribution in [3.05, 3.63) is 35.9 Å². The van der Waals surface area contributed by atoms with E-state index in [0.29, 0.717) is 5.56 Å². The summed E-state index contributed by atoms with van der Waals surface area (Å²) in [5.41, 5.74) is -2.54. The van der Waals surface area contributed by atoms with E-state index in [0.717, 1.165) is 7.11 Å². The van der Waals surface area contributed by atoms with E-state index in [9.17, 15) is 18.0 Å². The number of carbonyl (C=O) groups excluding carboxylic acids is 1. The fourth-order valence-electron chi connectivity index (χ4n) is 1.72. The predicted molar refractivity (Wildman–Crippen MR) is 51.1 cm³/mol. The Labute approximate surface area is 95.1 Å². The van der Waals surface area contributed by atoms with Crippen molar-refractivity contribution >= 4 is 5.97 Å². The number of alkyl halides is 3. The van der Waals surface area contributed by atoms with E-state index in [2.05, 4.69) is 9.47 Å². The molecule has 1 saturated heterocycles. The molecule has 0 unspecified atom stereocenters. The van der Waals surface area contributed by atoms with Gasteiger partial charge in [0.1, 0.15) is 6.10 Å². The summed E-state index contributed by atoms with van der Waals surface area (Å²) in [4.78, 5) is 11.3. The molecule has 0 spiro atoms. The Bertz CT molecular complexity index is 429. The molecule has 92 valence electrons. The van der Waals surface area contributed by atoms with Crippen LogP contribution in [0.3, 0.4) is 0 Å². The molecule has 0 N–H and O–H groups in total. The van der Waals surface area contributed by atoms with E-state index in [1.807, 2.05) is 0 Å². The summed E-state index contributed by atoms with van der Waals surface area (Å²) in [5.74, 6) is -1.42. The van der Waals surface area contributed by atoms with Gasteiger partial charge in [-0.15, -0.1) is 0 Å². The Morgan fingerprint density at radius 3 is 2.41 bits per heavy atom. The summed E-state index contributed by atoms with van der Waals surface area (Å²) < 4.78 is 47.3. The van der Waals surface area contributed by atoms with Crippen LogP contribution in [0.25, 0.3) is 0 Å². The van der Waals surface area contributed by atoms with E-state index >= 15 is 0 Å². The quantitative estimate of drug-likeness (QED) is 0.593. The summed E-state index contributed by atoms with van der Waals surface area (Å²) in [6.07, 6.45) is -6.11. The summed E-state index contributed by atoms with van der Waals surface area (Å²) in [7, 11) is 0.902. The van der Waals surface area contributed by atoms with Gasteiger partial charge in [-0.2, -0.15) is 13.2 Å². The van der Waals surface area contributed by atoms with Gasteiger partial charge in [0.2, 0.25) is 0 Å². The number of epoxide rings is 1. The maximum atomic E-state index is 12.8. The zero-order chi connectivity index (χ0) is 12.7. The number of hydrogen-bond acceptors (Lipinski definition) is 3. The molecule has 0 aliphatic carbocycles. The Balaban J connectivity index is 2.34. The van der Waals surface area contributed by atoms with Crippen LogP contribution < -0.4 is 0 Å². The summed E-state index contributed by atoms with van der Waals surface area (Å²) in [5, 5.41) is 0. The topological polar surface area (TPSA) is 38.8 Å². The highest BCUT2D eigenvalue weighted by molar-refractivity contribution is 5.85. The highest BCUT2D eigenvalue weighted by Gasteiger charge is 2.80. The second-order valence-electron chi connectivity index (χ2n) is 3.63. The lowest BCUT2D eigenvalue weighted by Gasteiger charge is -2.14. The Kier molecular flexibility index (Phi) is 2.61. The Morgan fingerprint density at radius 2 is 1.94 bits per heavy atom. The van der Waals surface area contributed by atoms with E-state index in [1.165, 1.54) is 12.1 Å². The molecule has 2 rings (SSSR count). The molecule has 6 heteroatoms. The lowest BCUT2D eigenvalue weighted by atomic mass is 9.99. The van der Waals surface area contributed by atoms with Crippen molar-refractivity contribution in [3.63, 3.8) is 0 Å². The van der Waals surface area contributed by atoms with Crippen LogP contribution in [0, 0.1) is 0 Å². The summed E-state index contributed by atoms with van der Waals surface area (Å²) in [6.45, 7) is 0. The average molecular weight is 246 g/mol. The van der Waals surface area contributed by atoms with Crippen LogP contribution in [-0.2, 0) is 14.3 Å². The smallest absolute Gasteiger partial charge is 0.431 e. The van der Waals surface area contributed by atoms with E-state index in [-0.39, 0.29) is 0 Å². The van der Waals surface area contributed by atoms with Crippen molar-refractivity contribution in [2.45, 2.75) is 17.9 Å². The van der Waals surface area contributed by atoms with Gasteiger partial charge in [-0.25, -0.2) is 4.79 Å². The molecular weight excluding hydrogens is 237 g/mol. The molecule has 0 amide bonds. The number of ether oxygens (including phenoxy) is 2. The maximum absolute atomic E-state index is 12.8. The molecule has 1 aliphatic heterocycles. The molecule has 17 heavy (non-hydrogen) atoms. The van der Waals surface area contributed by atoms with Crippen LogP contribution in [0.4, 0.5) is 13.2 Å². The lowest BCUT2D eigenvalue weighted by molar-refractivity contribution is -0.202. The largest absolute Gasteiger partial charge is 0.467 e. The van der Waals surface area contributed by atoms with E-state index in [4.69, 9.17) is 0 Å². The van der Waals surface area contributed by atoms with Gasteiger partial charge in [0.05, 0.1) is 7.11 Å². The highest BCUT2D eigenvalue weighted by Crippen LogP contribution is 2.59. The molecule has 1 aromatic carbocycles. The number of halogens is 3. The van der Waals surface area contributed by atoms with E-state index in [1.54, 1.807) is 18.2 Å². The first-order chi connectivity index (χ1) is 7.93. The molecule has 1 heterocycles. The third kappa shape index (κ3) is 1.68. The zero-order valence-corrected chi connectivity index (χ0v) is 8.82. The number of methoxy groups -OCH3 is 1. The van der Waals surface area contributed by atoms with Gasteiger partial charge in [-0.05, 0) is 5.56 Å². The number of rotatable bonds is 2. The fraction of sp³-hybridized carbons (Fsp3) is 0.364. The first-order valence-corrected chi connectivity index (χ1v) is 4.81. The Hall–Kier alpha value is -1.56. The second-order valence-corrected chi connectivity index (χ2v) is 3.63. The van der Waals surface area contributed by atoms with Gasteiger partial charge < -0.3 is 9.47 Å². The number of hydrogen-bond donors (Lipinski definition) is 0. The average Bonchev–Trinajstić information content (AvgIpc) is 3.05. The van der Waals surface area contributed by atoms with Gasteiger partial charge in [-0.3, -0.25) is 0 Å². The van der Waals surface area contributed by atoms with Crippen molar-refractivity contribution in [3.8, 4) is 0 Å². The van der Waals surface area contributed by atoms with Crippen LogP contribution in [-0.4, -0.2) is 24.9 Å². The first kappa shape index (κ1) is 11.9. The number of esters is 1. The van der Waals surface area contributed by atoms with Crippen molar-refractivity contribution in [2.75, 3.05) is 7.11 Å². The minimum Gasteiger partial charge on any atom is -0.467 e. The SMILES string of the molecule is COC(=O)[C@@]1(C(F)(F)F)O[C@@H]1c1ccccc1. The van der Waals surface area contributed by atoms with Crippen molar-refractivity contribution < 1.29 is 27.4 Å². The molecule has 2 atom stereocenters. The molecule has 1 fully saturated rings. The van der Waals surface area contributed by atoms with Gasteiger partial charge in [-0.1, -0.05) is 30.3 Å². The standard InChI is InChI=1S/C11H9F3O3/c1-16-9(15)10(11(12,13)14)8(17-10)7-5-3-2-4-6-7/h2-6,8H,1H3/t8-,10+/m1/s1. The molecule has 0 bridgehead atoms. The maximum Gasteiger partial charge on any atom is 0.431 e. The van der Waals surface area contributed by atoms with Crippen molar-refractivity contribution in [1.29, 1.82) is 0 Å². The van der Waals surface area contributed by atoms with Gasteiger partial charge in [0.15, 0.2) is 0 Å². The van der Waals surface area contributed by atoms with Crippen LogP contribution in [0.1, 0.15) is 11.7 Å². The first-order valence-electron chi connectivity index (χ1n) is 4.81. The third-order valence-electron chi connectivity index (χ3n) is 2.63.